The van der Waals surface area contributed by atoms with Gasteiger partial charge < -0.3 is 4.74 Å². The molecule has 1 aromatic heterocycles. The summed E-state index contributed by atoms with van der Waals surface area (Å²) >= 11 is 10.5. The number of hydrogen-bond donors (Lipinski definition) is 1. The van der Waals surface area contributed by atoms with Crippen molar-refractivity contribution < 1.29 is 9.53 Å². The van der Waals surface area contributed by atoms with Crippen LogP contribution >= 0.6 is 38.9 Å². The smallest absolute Gasteiger partial charge is 0.264 e. The van der Waals surface area contributed by atoms with E-state index >= 15 is 0 Å². The van der Waals surface area contributed by atoms with Crippen LogP contribution in [-0.2, 0) is 4.79 Å². The maximum Gasteiger partial charge on any atom is 0.264 e. The third-order valence-electron chi connectivity index (χ3n) is 1.86. The standard InChI is InChI=1S/C10H7BrClN3O2S/c11-6-1-2-8(7(12)3-6)17-4-9(16)14-10-15-13-5-18-10/h1-3,5H,4H2,(H,14,15,16). The highest BCUT2D eigenvalue weighted by Crippen LogP contribution is 2.27. The van der Waals surface area contributed by atoms with Crippen LogP contribution in [0.3, 0.4) is 0 Å². The van der Waals surface area contributed by atoms with E-state index in [1.165, 1.54) is 16.8 Å². The first-order valence-electron chi connectivity index (χ1n) is 4.79. The Morgan fingerprint density at radius 1 is 1.56 bits per heavy atom. The summed E-state index contributed by atoms with van der Waals surface area (Å²) in [6, 6.07) is 5.16. The van der Waals surface area contributed by atoms with Crippen LogP contribution in [0.15, 0.2) is 28.2 Å². The van der Waals surface area contributed by atoms with Crippen LogP contribution < -0.4 is 10.1 Å². The molecule has 0 fully saturated rings. The van der Waals surface area contributed by atoms with Crippen LogP contribution in [0.5, 0.6) is 5.75 Å². The van der Waals surface area contributed by atoms with E-state index in [2.05, 4.69) is 31.4 Å². The van der Waals surface area contributed by atoms with Gasteiger partial charge in [-0.15, -0.1) is 10.2 Å². The number of ether oxygens (including phenoxy) is 1. The molecule has 2 rings (SSSR count). The Labute approximate surface area is 120 Å². The van der Waals surface area contributed by atoms with E-state index in [0.717, 1.165) is 4.47 Å². The fourth-order valence-electron chi connectivity index (χ4n) is 1.12. The second-order valence-electron chi connectivity index (χ2n) is 3.16. The fraction of sp³-hybridized carbons (Fsp3) is 0.100. The third kappa shape index (κ3) is 3.66. The van der Waals surface area contributed by atoms with Crippen LogP contribution in [-0.4, -0.2) is 22.7 Å². The van der Waals surface area contributed by atoms with Gasteiger partial charge in [0.15, 0.2) is 6.61 Å². The predicted octanol–water partition coefficient (Wildman–Crippen LogP) is 2.97. The molecule has 2 aromatic rings. The summed E-state index contributed by atoms with van der Waals surface area (Å²) in [5, 5.41) is 10.7. The molecule has 0 spiro atoms. The summed E-state index contributed by atoms with van der Waals surface area (Å²) in [5.74, 6) is 0.137. The normalized spacial score (nSPS) is 10.1. The monoisotopic (exact) mass is 347 g/mol. The van der Waals surface area contributed by atoms with Crippen molar-refractivity contribution in [3.63, 3.8) is 0 Å². The van der Waals surface area contributed by atoms with Crippen molar-refractivity contribution in [2.75, 3.05) is 11.9 Å². The summed E-state index contributed by atoms with van der Waals surface area (Å²) in [4.78, 5) is 11.5. The summed E-state index contributed by atoms with van der Waals surface area (Å²) in [7, 11) is 0. The zero-order valence-electron chi connectivity index (χ0n) is 8.89. The molecule has 0 aliphatic rings. The first kappa shape index (κ1) is 13.3. The van der Waals surface area contributed by atoms with E-state index in [1.54, 1.807) is 18.2 Å². The molecule has 1 amide bonds. The Morgan fingerprint density at radius 3 is 3.06 bits per heavy atom. The van der Waals surface area contributed by atoms with Gasteiger partial charge in [0.05, 0.1) is 5.02 Å². The average molecular weight is 349 g/mol. The van der Waals surface area contributed by atoms with Crippen molar-refractivity contribution in [2.24, 2.45) is 0 Å². The Hall–Kier alpha value is -1.18. The fourth-order valence-corrected chi connectivity index (χ4v) is 2.31. The molecule has 8 heteroatoms. The highest BCUT2D eigenvalue weighted by molar-refractivity contribution is 9.10. The quantitative estimate of drug-likeness (QED) is 0.922. The number of benzene rings is 1. The second-order valence-corrected chi connectivity index (χ2v) is 5.31. The zero-order valence-corrected chi connectivity index (χ0v) is 12.1. The maximum atomic E-state index is 11.5. The first-order chi connectivity index (χ1) is 8.65. The molecule has 0 aliphatic heterocycles. The minimum absolute atomic E-state index is 0.138. The van der Waals surface area contributed by atoms with Gasteiger partial charge in [-0.3, -0.25) is 10.1 Å². The minimum Gasteiger partial charge on any atom is -0.482 e. The highest BCUT2D eigenvalue weighted by Gasteiger charge is 2.08. The number of amides is 1. The van der Waals surface area contributed by atoms with Crippen molar-refractivity contribution in [3.05, 3.63) is 33.2 Å². The molecule has 94 valence electrons. The number of carbonyl (C=O) groups is 1. The molecule has 0 saturated carbocycles. The van der Waals surface area contributed by atoms with E-state index in [4.69, 9.17) is 16.3 Å². The Kier molecular flexibility index (Phi) is 4.51. The maximum absolute atomic E-state index is 11.5. The lowest BCUT2D eigenvalue weighted by molar-refractivity contribution is -0.118. The number of carbonyl (C=O) groups excluding carboxylic acids is 1. The van der Waals surface area contributed by atoms with Gasteiger partial charge in [0.1, 0.15) is 11.3 Å². The number of nitrogens with one attached hydrogen (secondary N) is 1. The number of aromatic nitrogens is 2. The second kappa shape index (κ2) is 6.12. The number of hydrogen-bond acceptors (Lipinski definition) is 5. The van der Waals surface area contributed by atoms with Gasteiger partial charge in [-0.05, 0) is 18.2 Å². The Bertz CT molecular complexity index is 550. The van der Waals surface area contributed by atoms with Gasteiger partial charge in [0, 0.05) is 4.47 Å². The van der Waals surface area contributed by atoms with E-state index in [1.807, 2.05) is 0 Å². The summed E-state index contributed by atoms with van der Waals surface area (Å²) in [6.07, 6.45) is 0. The average Bonchev–Trinajstić information content (AvgIpc) is 2.80. The molecule has 1 aromatic carbocycles. The SMILES string of the molecule is O=C(COc1ccc(Br)cc1Cl)Nc1nncs1. The van der Waals surface area contributed by atoms with E-state index < -0.39 is 0 Å². The van der Waals surface area contributed by atoms with Gasteiger partial charge in [-0.1, -0.05) is 38.9 Å². The van der Waals surface area contributed by atoms with E-state index in [9.17, 15) is 4.79 Å². The minimum atomic E-state index is -0.314. The van der Waals surface area contributed by atoms with Crippen LogP contribution in [0.1, 0.15) is 0 Å². The summed E-state index contributed by atoms with van der Waals surface area (Å²) in [5.41, 5.74) is 1.53. The highest BCUT2D eigenvalue weighted by atomic mass is 79.9. The molecule has 0 saturated heterocycles. The molecule has 1 heterocycles. The third-order valence-corrected chi connectivity index (χ3v) is 3.25. The van der Waals surface area contributed by atoms with Crippen LogP contribution in [0.2, 0.25) is 5.02 Å². The van der Waals surface area contributed by atoms with Crippen molar-refractivity contribution in [1.29, 1.82) is 0 Å². The van der Waals surface area contributed by atoms with Crippen LogP contribution in [0.4, 0.5) is 5.13 Å². The van der Waals surface area contributed by atoms with Crippen molar-refractivity contribution in [3.8, 4) is 5.75 Å². The molecule has 0 unspecified atom stereocenters. The molecule has 1 N–H and O–H groups in total. The number of nitrogens with zero attached hydrogens (tertiary/aromatic N) is 2. The molecule has 0 aliphatic carbocycles. The largest absolute Gasteiger partial charge is 0.482 e. The first-order valence-corrected chi connectivity index (χ1v) is 6.84. The van der Waals surface area contributed by atoms with Crippen LogP contribution in [0, 0.1) is 0 Å². The van der Waals surface area contributed by atoms with Gasteiger partial charge in [0.2, 0.25) is 5.13 Å². The number of anilines is 1. The lowest BCUT2D eigenvalue weighted by Crippen LogP contribution is -2.20. The molecule has 0 atom stereocenters. The van der Waals surface area contributed by atoms with Crippen LogP contribution in [0.25, 0.3) is 0 Å². The predicted molar refractivity (Wildman–Crippen MR) is 73.2 cm³/mol. The lowest BCUT2D eigenvalue weighted by Gasteiger charge is -2.07. The van der Waals surface area contributed by atoms with Crippen molar-refractivity contribution in [2.45, 2.75) is 0 Å². The molecule has 0 bridgehead atoms. The van der Waals surface area contributed by atoms with Gasteiger partial charge in [-0.25, -0.2) is 0 Å². The lowest BCUT2D eigenvalue weighted by atomic mass is 10.3. The Morgan fingerprint density at radius 2 is 2.39 bits per heavy atom. The molecule has 0 radical (unpaired) electrons. The van der Waals surface area contributed by atoms with E-state index in [0.29, 0.717) is 15.9 Å². The van der Waals surface area contributed by atoms with Gasteiger partial charge in [-0.2, -0.15) is 0 Å². The molecule has 18 heavy (non-hydrogen) atoms. The topological polar surface area (TPSA) is 64.1 Å². The van der Waals surface area contributed by atoms with Crippen molar-refractivity contribution >= 4 is 49.9 Å². The van der Waals surface area contributed by atoms with Gasteiger partial charge in [0.25, 0.3) is 5.91 Å². The molecule has 5 nitrogen and oxygen atoms in total. The molecular formula is C10H7BrClN3O2S. The summed E-state index contributed by atoms with van der Waals surface area (Å²) < 4.78 is 6.14. The zero-order chi connectivity index (χ0) is 13.0. The number of rotatable bonds is 4. The summed E-state index contributed by atoms with van der Waals surface area (Å²) in [6.45, 7) is -0.138. The van der Waals surface area contributed by atoms with E-state index in [-0.39, 0.29) is 12.5 Å². The Balaban J connectivity index is 1.89. The van der Waals surface area contributed by atoms with Crippen molar-refractivity contribution in [1.82, 2.24) is 10.2 Å². The van der Waals surface area contributed by atoms with Gasteiger partial charge >= 0.3 is 0 Å². The number of halogens is 2. The molecular weight excluding hydrogens is 342 g/mol.